The summed E-state index contributed by atoms with van der Waals surface area (Å²) in [6.07, 6.45) is 6.08. The van der Waals surface area contributed by atoms with Crippen LogP contribution in [0.4, 0.5) is 14.9 Å². The standard InChI is InChI=1S/C23H30FN3O/c1-18(6-5-17-27-15-3-2-4-16-27)25-23(28)26-22-13-9-20(10-14-22)19-7-11-21(24)12-8-19/h7-14,18H,2-6,15-17H2,1H3,(H2,25,26,28). The van der Waals surface area contributed by atoms with Gasteiger partial charge >= 0.3 is 6.03 Å². The number of rotatable bonds is 7. The highest BCUT2D eigenvalue weighted by Crippen LogP contribution is 2.21. The lowest BCUT2D eigenvalue weighted by Gasteiger charge is -2.26. The predicted molar refractivity (Wildman–Crippen MR) is 113 cm³/mol. The minimum Gasteiger partial charge on any atom is -0.335 e. The summed E-state index contributed by atoms with van der Waals surface area (Å²) in [6, 6.07) is 13.9. The van der Waals surface area contributed by atoms with Gasteiger partial charge in [-0.3, -0.25) is 0 Å². The van der Waals surface area contributed by atoms with E-state index in [1.807, 2.05) is 31.2 Å². The molecule has 0 spiro atoms. The first-order chi connectivity index (χ1) is 13.6. The maximum Gasteiger partial charge on any atom is 0.319 e. The Bertz CT molecular complexity index is 739. The van der Waals surface area contributed by atoms with Gasteiger partial charge in [0.15, 0.2) is 0 Å². The minimum absolute atomic E-state index is 0.142. The maximum atomic E-state index is 13.0. The zero-order valence-corrected chi connectivity index (χ0v) is 16.6. The Kier molecular flexibility index (Phi) is 7.43. The van der Waals surface area contributed by atoms with Crippen LogP contribution in [0, 0.1) is 5.82 Å². The number of carbonyl (C=O) groups excluding carboxylic acids is 1. The first-order valence-corrected chi connectivity index (χ1v) is 10.3. The Morgan fingerprint density at radius 1 is 1.00 bits per heavy atom. The van der Waals surface area contributed by atoms with Crippen molar-refractivity contribution in [2.75, 3.05) is 25.0 Å². The average molecular weight is 384 g/mol. The fourth-order valence-electron chi connectivity index (χ4n) is 3.66. The first kappa shape index (κ1) is 20.3. The number of nitrogens with one attached hydrogen (secondary N) is 2. The Hall–Kier alpha value is -2.40. The number of piperidine rings is 1. The van der Waals surface area contributed by atoms with Crippen molar-refractivity contribution in [3.63, 3.8) is 0 Å². The second-order valence-corrected chi connectivity index (χ2v) is 7.63. The normalized spacial score (nSPS) is 15.8. The van der Waals surface area contributed by atoms with Crippen molar-refractivity contribution in [1.29, 1.82) is 0 Å². The molecule has 1 atom stereocenters. The fourth-order valence-corrected chi connectivity index (χ4v) is 3.66. The molecule has 1 fully saturated rings. The summed E-state index contributed by atoms with van der Waals surface area (Å²) in [5, 5.41) is 5.89. The maximum absolute atomic E-state index is 13.0. The number of nitrogens with zero attached hydrogens (tertiary/aromatic N) is 1. The Morgan fingerprint density at radius 3 is 2.25 bits per heavy atom. The summed E-state index contributed by atoms with van der Waals surface area (Å²) in [6.45, 7) is 5.61. The summed E-state index contributed by atoms with van der Waals surface area (Å²) in [7, 11) is 0. The number of carbonyl (C=O) groups is 1. The molecule has 28 heavy (non-hydrogen) atoms. The van der Waals surface area contributed by atoms with Crippen LogP contribution >= 0.6 is 0 Å². The van der Waals surface area contributed by atoms with E-state index in [-0.39, 0.29) is 17.9 Å². The van der Waals surface area contributed by atoms with E-state index in [9.17, 15) is 9.18 Å². The predicted octanol–water partition coefficient (Wildman–Crippen LogP) is 5.27. The van der Waals surface area contributed by atoms with Gasteiger partial charge in [-0.2, -0.15) is 0 Å². The number of anilines is 1. The molecule has 0 bridgehead atoms. The van der Waals surface area contributed by atoms with Gasteiger partial charge < -0.3 is 15.5 Å². The first-order valence-electron chi connectivity index (χ1n) is 10.3. The molecule has 2 aromatic carbocycles. The summed E-state index contributed by atoms with van der Waals surface area (Å²) < 4.78 is 13.0. The highest BCUT2D eigenvalue weighted by atomic mass is 19.1. The largest absolute Gasteiger partial charge is 0.335 e. The number of hydrogen-bond donors (Lipinski definition) is 2. The molecule has 150 valence electrons. The molecule has 1 heterocycles. The van der Waals surface area contributed by atoms with E-state index in [0.717, 1.165) is 36.2 Å². The van der Waals surface area contributed by atoms with Gasteiger partial charge in [0.1, 0.15) is 5.82 Å². The van der Waals surface area contributed by atoms with Crippen molar-refractivity contribution < 1.29 is 9.18 Å². The molecule has 2 aromatic rings. The Balaban J connectivity index is 1.40. The van der Waals surface area contributed by atoms with Crippen molar-refractivity contribution in [2.24, 2.45) is 0 Å². The van der Waals surface area contributed by atoms with Crippen LogP contribution in [0.3, 0.4) is 0 Å². The Labute approximate surface area is 167 Å². The van der Waals surface area contributed by atoms with Crippen LogP contribution in [0.15, 0.2) is 48.5 Å². The van der Waals surface area contributed by atoms with Gasteiger partial charge in [-0.05, 0) is 87.6 Å². The number of hydrogen-bond acceptors (Lipinski definition) is 2. The zero-order chi connectivity index (χ0) is 19.8. The molecular formula is C23H30FN3O. The molecule has 3 rings (SSSR count). The van der Waals surface area contributed by atoms with Gasteiger partial charge in [-0.1, -0.05) is 30.7 Å². The molecule has 0 aromatic heterocycles. The Morgan fingerprint density at radius 2 is 1.61 bits per heavy atom. The lowest BCUT2D eigenvalue weighted by atomic mass is 10.1. The number of benzene rings is 2. The van der Waals surface area contributed by atoms with E-state index >= 15 is 0 Å². The highest BCUT2D eigenvalue weighted by molar-refractivity contribution is 5.89. The van der Waals surface area contributed by atoms with Gasteiger partial charge in [0.05, 0.1) is 0 Å². The average Bonchev–Trinajstić information content (AvgIpc) is 2.70. The number of likely N-dealkylation sites (tertiary alicyclic amines) is 1. The molecule has 4 nitrogen and oxygen atoms in total. The fraction of sp³-hybridized carbons (Fsp3) is 0.435. The second-order valence-electron chi connectivity index (χ2n) is 7.63. The summed E-state index contributed by atoms with van der Waals surface area (Å²) in [5.74, 6) is -0.247. The SMILES string of the molecule is CC(CCCN1CCCCC1)NC(=O)Nc1ccc(-c2ccc(F)cc2)cc1. The third kappa shape index (κ3) is 6.34. The number of amides is 2. The van der Waals surface area contributed by atoms with E-state index in [1.54, 1.807) is 12.1 Å². The number of halogens is 1. The summed E-state index contributed by atoms with van der Waals surface area (Å²) >= 11 is 0. The van der Waals surface area contributed by atoms with Crippen LogP contribution in [-0.4, -0.2) is 36.6 Å². The van der Waals surface area contributed by atoms with Crippen LogP contribution in [-0.2, 0) is 0 Å². The van der Waals surface area contributed by atoms with Gasteiger partial charge in [0, 0.05) is 11.7 Å². The van der Waals surface area contributed by atoms with E-state index in [2.05, 4.69) is 15.5 Å². The lowest BCUT2D eigenvalue weighted by molar-refractivity contribution is 0.221. The minimum atomic E-state index is -0.247. The van der Waals surface area contributed by atoms with Gasteiger partial charge in [0.2, 0.25) is 0 Å². The molecule has 2 N–H and O–H groups in total. The van der Waals surface area contributed by atoms with Crippen LogP contribution in [0.5, 0.6) is 0 Å². The van der Waals surface area contributed by atoms with Crippen molar-refractivity contribution in [1.82, 2.24) is 10.2 Å². The molecule has 2 amide bonds. The monoisotopic (exact) mass is 383 g/mol. The van der Waals surface area contributed by atoms with Gasteiger partial charge in [0.25, 0.3) is 0 Å². The van der Waals surface area contributed by atoms with Gasteiger partial charge in [-0.15, -0.1) is 0 Å². The summed E-state index contributed by atoms with van der Waals surface area (Å²) in [4.78, 5) is 14.7. The summed E-state index contributed by atoms with van der Waals surface area (Å²) in [5.41, 5.74) is 2.67. The molecule has 5 heteroatoms. The molecule has 1 saturated heterocycles. The third-order valence-electron chi connectivity index (χ3n) is 5.26. The zero-order valence-electron chi connectivity index (χ0n) is 16.6. The third-order valence-corrected chi connectivity index (χ3v) is 5.26. The molecule has 0 saturated carbocycles. The highest BCUT2D eigenvalue weighted by Gasteiger charge is 2.11. The molecule has 1 unspecified atom stereocenters. The topological polar surface area (TPSA) is 44.4 Å². The molecule has 0 radical (unpaired) electrons. The molecular weight excluding hydrogens is 353 g/mol. The molecule has 1 aliphatic heterocycles. The van der Waals surface area contributed by atoms with Gasteiger partial charge in [-0.25, -0.2) is 9.18 Å². The quantitative estimate of drug-likeness (QED) is 0.684. The van der Waals surface area contributed by atoms with Crippen LogP contribution in [0.2, 0.25) is 0 Å². The smallest absolute Gasteiger partial charge is 0.319 e. The second kappa shape index (κ2) is 10.2. The van der Waals surface area contributed by atoms with Crippen molar-refractivity contribution >= 4 is 11.7 Å². The van der Waals surface area contributed by atoms with E-state index in [1.165, 1.54) is 44.5 Å². The van der Waals surface area contributed by atoms with E-state index in [0.29, 0.717) is 0 Å². The lowest BCUT2D eigenvalue weighted by Crippen LogP contribution is -2.37. The van der Waals surface area contributed by atoms with Crippen LogP contribution in [0.1, 0.15) is 39.0 Å². The van der Waals surface area contributed by atoms with E-state index < -0.39 is 0 Å². The molecule has 1 aliphatic rings. The number of urea groups is 1. The van der Waals surface area contributed by atoms with Crippen molar-refractivity contribution in [3.8, 4) is 11.1 Å². The van der Waals surface area contributed by atoms with Crippen LogP contribution in [0.25, 0.3) is 11.1 Å². The van der Waals surface area contributed by atoms with Crippen molar-refractivity contribution in [3.05, 3.63) is 54.3 Å². The molecule has 0 aliphatic carbocycles. The van der Waals surface area contributed by atoms with E-state index in [4.69, 9.17) is 0 Å². The van der Waals surface area contributed by atoms with Crippen LogP contribution < -0.4 is 10.6 Å². The van der Waals surface area contributed by atoms with Crippen molar-refractivity contribution in [2.45, 2.75) is 45.1 Å².